The van der Waals surface area contributed by atoms with E-state index in [1.165, 1.54) is 32.2 Å². The number of amides is 1. The Morgan fingerprint density at radius 2 is 1.81 bits per heavy atom. The molecule has 0 unspecified atom stereocenters. The predicted molar refractivity (Wildman–Crippen MR) is 116 cm³/mol. The molecule has 0 saturated heterocycles. The third-order valence-electron chi connectivity index (χ3n) is 4.51. The Morgan fingerprint density at radius 1 is 1.10 bits per heavy atom. The van der Waals surface area contributed by atoms with E-state index >= 15 is 0 Å². The van der Waals surface area contributed by atoms with Gasteiger partial charge in [-0.05, 0) is 67.4 Å². The van der Waals surface area contributed by atoms with E-state index in [0.717, 1.165) is 15.9 Å². The maximum atomic E-state index is 13.4. The highest BCUT2D eigenvalue weighted by Crippen LogP contribution is 2.29. The summed E-state index contributed by atoms with van der Waals surface area (Å²) in [5.74, 6) is -0.523. The molecule has 31 heavy (non-hydrogen) atoms. The van der Waals surface area contributed by atoms with Gasteiger partial charge < -0.3 is 10.1 Å². The second-order valence-corrected chi connectivity index (χ2v) is 8.90. The normalized spacial score (nSPS) is 11.1. The number of nitrogens with zero attached hydrogens (tertiary/aromatic N) is 2. The molecule has 162 valence electrons. The zero-order chi connectivity index (χ0) is 22.6. The van der Waals surface area contributed by atoms with Crippen molar-refractivity contribution in [1.29, 1.82) is 0 Å². The number of rotatable bonds is 7. The smallest absolute Gasteiger partial charge is 0.264 e. The molecule has 0 bridgehead atoms. The fourth-order valence-corrected chi connectivity index (χ4v) is 4.35. The average Bonchev–Trinajstić information content (AvgIpc) is 2.71. The molecule has 3 aromatic rings. The molecule has 0 aliphatic carbocycles. The molecule has 3 rings (SSSR count). The van der Waals surface area contributed by atoms with Gasteiger partial charge in [-0.25, -0.2) is 12.8 Å². The van der Waals surface area contributed by atoms with E-state index in [1.54, 1.807) is 43.6 Å². The van der Waals surface area contributed by atoms with Gasteiger partial charge in [0.1, 0.15) is 11.6 Å². The third-order valence-corrected chi connectivity index (χ3v) is 6.45. The predicted octanol–water partition coefficient (Wildman–Crippen LogP) is 3.68. The van der Waals surface area contributed by atoms with Crippen molar-refractivity contribution in [2.24, 2.45) is 0 Å². The number of hydrogen-bond donors (Lipinski definition) is 1. The minimum absolute atomic E-state index is 0.0112. The lowest BCUT2D eigenvalue weighted by Gasteiger charge is -2.22. The second kappa shape index (κ2) is 9.13. The van der Waals surface area contributed by atoms with Crippen molar-refractivity contribution in [1.82, 2.24) is 4.98 Å². The molecule has 0 radical (unpaired) electrons. The number of aromatic nitrogens is 1. The first-order valence-corrected chi connectivity index (χ1v) is 10.8. The number of nitrogens with one attached hydrogen (secondary N) is 1. The number of anilines is 2. The van der Waals surface area contributed by atoms with Crippen LogP contribution in [0.3, 0.4) is 0 Å². The Labute approximate surface area is 180 Å². The van der Waals surface area contributed by atoms with E-state index in [9.17, 15) is 17.6 Å². The largest absolute Gasteiger partial charge is 0.484 e. The highest BCUT2D eigenvalue weighted by Gasteiger charge is 2.24. The van der Waals surface area contributed by atoms with Crippen LogP contribution in [0.4, 0.5) is 15.8 Å². The minimum Gasteiger partial charge on any atom is -0.484 e. The number of sulfonamides is 1. The van der Waals surface area contributed by atoms with Crippen LogP contribution in [0, 0.1) is 19.7 Å². The quantitative estimate of drug-likeness (QED) is 0.602. The lowest BCUT2D eigenvalue weighted by molar-refractivity contribution is -0.118. The minimum atomic E-state index is -3.92. The number of pyridine rings is 1. The van der Waals surface area contributed by atoms with Crippen molar-refractivity contribution < 1.29 is 22.3 Å². The van der Waals surface area contributed by atoms with E-state index in [4.69, 9.17) is 4.74 Å². The van der Waals surface area contributed by atoms with Gasteiger partial charge in [-0.3, -0.25) is 14.1 Å². The number of carbonyl (C=O) groups is 1. The van der Waals surface area contributed by atoms with Gasteiger partial charge in [0.05, 0.1) is 10.6 Å². The van der Waals surface area contributed by atoms with Gasteiger partial charge in [-0.15, -0.1) is 0 Å². The van der Waals surface area contributed by atoms with Crippen LogP contribution in [0.5, 0.6) is 5.75 Å². The summed E-state index contributed by atoms with van der Waals surface area (Å²) in [4.78, 5) is 16.0. The number of ether oxygens (including phenoxy) is 1. The first-order chi connectivity index (χ1) is 14.7. The summed E-state index contributed by atoms with van der Waals surface area (Å²) in [5.41, 5.74) is 2.01. The first-order valence-electron chi connectivity index (χ1n) is 9.36. The van der Waals surface area contributed by atoms with Crippen LogP contribution in [-0.4, -0.2) is 33.0 Å². The number of hydrogen-bond acceptors (Lipinski definition) is 5. The number of benzene rings is 2. The van der Waals surface area contributed by atoms with E-state index in [2.05, 4.69) is 10.3 Å². The molecule has 0 spiro atoms. The number of carbonyl (C=O) groups excluding carboxylic acids is 1. The second-order valence-electron chi connectivity index (χ2n) is 6.96. The van der Waals surface area contributed by atoms with Gasteiger partial charge in [-0.1, -0.05) is 0 Å². The lowest BCUT2D eigenvalue weighted by atomic mass is 10.2. The van der Waals surface area contributed by atoms with Crippen LogP contribution in [-0.2, 0) is 14.8 Å². The summed E-state index contributed by atoms with van der Waals surface area (Å²) in [5, 5.41) is 2.68. The van der Waals surface area contributed by atoms with Crippen LogP contribution < -0.4 is 14.4 Å². The zero-order valence-corrected chi connectivity index (χ0v) is 18.1. The Morgan fingerprint density at radius 3 is 2.48 bits per heavy atom. The SMILES string of the molecule is Cc1cc(OCC(=O)Nc2ccncc2)cc(N(C)S(=O)(=O)c2ccc(F)cc2C)c1. The van der Waals surface area contributed by atoms with Crippen molar-refractivity contribution in [3.05, 3.63) is 77.9 Å². The average molecular weight is 444 g/mol. The number of halogens is 1. The van der Waals surface area contributed by atoms with E-state index in [-0.39, 0.29) is 17.4 Å². The van der Waals surface area contributed by atoms with Gasteiger partial charge in [-0.2, -0.15) is 0 Å². The van der Waals surface area contributed by atoms with Crippen LogP contribution in [0.1, 0.15) is 11.1 Å². The summed E-state index contributed by atoms with van der Waals surface area (Å²) >= 11 is 0. The molecule has 1 amide bonds. The summed E-state index contributed by atoms with van der Waals surface area (Å²) in [7, 11) is -2.51. The van der Waals surface area contributed by atoms with Crippen molar-refractivity contribution in [2.45, 2.75) is 18.7 Å². The summed E-state index contributed by atoms with van der Waals surface area (Å²) in [6, 6.07) is 11.7. The highest BCUT2D eigenvalue weighted by molar-refractivity contribution is 7.92. The zero-order valence-electron chi connectivity index (χ0n) is 17.3. The molecule has 1 N–H and O–H groups in total. The lowest BCUT2D eigenvalue weighted by Crippen LogP contribution is -2.27. The molecule has 0 aliphatic rings. The topological polar surface area (TPSA) is 88.6 Å². The standard InChI is InChI=1S/C22H22FN3O4S/c1-15-10-19(26(3)31(28,29)21-5-4-17(23)12-16(21)2)13-20(11-15)30-14-22(27)25-18-6-8-24-9-7-18/h4-13H,14H2,1-3H3,(H,24,25,27). The summed E-state index contributed by atoms with van der Waals surface area (Å²) in [6.45, 7) is 3.08. The van der Waals surface area contributed by atoms with Gasteiger partial charge in [0.15, 0.2) is 6.61 Å². The Hall–Kier alpha value is -3.46. The molecular formula is C22H22FN3O4S. The van der Waals surface area contributed by atoms with Crippen LogP contribution >= 0.6 is 0 Å². The van der Waals surface area contributed by atoms with Crippen LogP contribution in [0.2, 0.25) is 0 Å². The fraction of sp³-hybridized carbons (Fsp3) is 0.182. The maximum absolute atomic E-state index is 13.4. The fourth-order valence-electron chi connectivity index (χ4n) is 2.96. The molecule has 7 nitrogen and oxygen atoms in total. The molecule has 2 aromatic carbocycles. The van der Waals surface area contributed by atoms with Crippen LogP contribution in [0.15, 0.2) is 65.8 Å². The molecular weight excluding hydrogens is 421 g/mol. The maximum Gasteiger partial charge on any atom is 0.264 e. The van der Waals surface area contributed by atoms with E-state index in [0.29, 0.717) is 22.7 Å². The van der Waals surface area contributed by atoms with Crippen LogP contribution in [0.25, 0.3) is 0 Å². The van der Waals surface area contributed by atoms with Crippen molar-refractivity contribution in [2.75, 3.05) is 23.3 Å². The van der Waals surface area contributed by atoms with E-state index < -0.39 is 15.8 Å². The number of aryl methyl sites for hydroxylation is 2. The molecule has 9 heteroatoms. The van der Waals surface area contributed by atoms with Gasteiger partial charge in [0, 0.05) is 31.2 Å². The van der Waals surface area contributed by atoms with Crippen molar-refractivity contribution in [3.63, 3.8) is 0 Å². The Balaban J connectivity index is 1.77. The molecule has 0 fully saturated rings. The van der Waals surface area contributed by atoms with Crippen molar-refractivity contribution >= 4 is 27.3 Å². The van der Waals surface area contributed by atoms with Crippen molar-refractivity contribution in [3.8, 4) is 5.75 Å². The monoisotopic (exact) mass is 443 g/mol. The summed E-state index contributed by atoms with van der Waals surface area (Å²) < 4.78 is 46.2. The first kappa shape index (κ1) is 22.2. The summed E-state index contributed by atoms with van der Waals surface area (Å²) in [6.07, 6.45) is 3.12. The highest BCUT2D eigenvalue weighted by atomic mass is 32.2. The molecule has 1 aromatic heterocycles. The molecule has 0 atom stereocenters. The van der Waals surface area contributed by atoms with E-state index in [1.807, 2.05) is 0 Å². The Bertz CT molecular complexity index is 1200. The van der Waals surface area contributed by atoms with Gasteiger partial charge in [0.25, 0.3) is 15.9 Å². The molecule has 0 saturated carbocycles. The van der Waals surface area contributed by atoms with Gasteiger partial charge >= 0.3 is 0 Å². The molecule has 1 heterocycles. The Kier molecular flexibility index (Phi) is 6.55. The third kappa shape index (κ3) is 5.37. The molecule has 0 aliphatic heterocycles. The van der Waals surface area contributed by atoms with Gasteiger partial charge in [0.2, 0.25) is 0 Å².